The first kappa shape index (κ1) is 13.3. The topological polar surface area (TPSA) is 41.5 Å². The van der Waals surface area contributed by atoms with Gasteiger partial charge in [0.1, 0.15) is 0 Å². The first-order valence-corrected chi connectivity index (χ1v) is 8.40. The molecule has 0 amide bonds. The number of rotatable bonds is 2. The van der Waals surface area contributed by atoms with Crippen LogP contribution in [0.4, 0.5) is 5.69 Å². The van der Waals surface area contributed by atoms with E-state index < -0.39 is 9.73 Å². The van der Waals surface area contributed by atoms with Gasteiger partial charge in [-0.15, -0.1) is 0 Å². The van der Waals surface area contributed by atoms with E-state index in [-0.39, 0.29) is 0 Å². The molecule has 1 aromatic rings. The minimum absolute atomic E-state index is 0.303. The van der Waals surface area contributed by atoms with E-state index >= 15 is 0 Å². The summed E-state index contributed by atoms with van der Waals surface area (Å²) in [5.41, 5.74) is 0.614. The number of hydrogen-bond donors (Lipinski definition) is 1. The van der Waals surface area contributed by atoms with Gasteiger partial charge in [0.25, 0.3) is 0 Å². The molecule has 0 radical (unpaired) electrons. The molecule has 1 saturated heterocycles. The molecule has 17 heavy (non-hydrogen) atoms. The summed E-state index contributed by atoms with van der Waals surface area (Å²) in [5, 5.41) is 3.68. The lowest BCUT2D eigenvalue weighted by Crippen LogP contribution is -2.25. The van der Waals surface area contributed by atoms with Crippen molar-refractivity contribution in [2.45, 2.75) is 12.5 Å². The van der Waals surface area contributed by atoms with Crippen LogP contribution in [0.15, 0.2) is 27.0 Å². The van der Waals surface area contributed by atoms with Crippen molar-refractivity contribution in [2.24, 2.45) is 4.36 Å². The molecule has 1 aliphatic heterocycles. The lowest BCUT2D eigenvalue weighted by Gasteiger charge is -2.06. The molecular formula is C11H14BrClN2OS. The van der Waals surface area contributed by atoms with Crippen LogP contribution in [-0.2, 0) is 9.73 Å². The molecule has 0 saturated carbocycles. The van der Waals surface area contributed by atoms with Crippen molar-refractivity contribution in [3.8, 4) is 0 Å². The molecule has 2 atom stereocenters. The monoisotopic (exact) mass is 336 g/mol. The van der Waals surface area contributed by atoms with E-state index in [4.69, 9.17) is 11.6 Å². The fourth-order valence-electron chi connectivity index (χ4n) is 1.86. The number of nitrogens with one attached hydrogen (secondary N) is 1. The van der Waals surface area contributed by atoms with Gasteiger partial charge in [-0.1, -0.05) is 17.7 Å². The summed E-state index contributed by atoms with van der Waals surface area (Å²) in [5.74, 6) is 1.24. The van der Waals surface area contributed by atoms with Crippen LogP contribution < -0.4 is 5.32 Å². The third-order valence-electron chi connectivity index (χ3n) is 2.85. The quantitative estimate of drug-likeness (QED) is 0.900. The van der Waals surface area contributed by atoms with E-state index in [1.54, 1.807) is 6.07 Å². The highest BCUT2D eigenvalue weighted by atomic mass is 79.9. The maximum Gasteiger partial charge on any atom is 0.0927 e. The van der Waals surface area contributed by atoms with E-state index in [1.165, 1.54) is 0 Å². The zero-order chi connectivity index (χ0) is 12.5. The summed E-state index contributed by atoms with van der Waals surface area (Å²) in [4.78, 5) is 0. The normalized spacial score (nSPS) is 28.3. The Kier molecular flexibility index (Phi) is 4.13. The van der Waals surface area contributed by atoms with E-state index in [1.807, 2.05) is 19.2 Å². The summed E-state index contributed by atoms with van der Waals surface area (Å²) >= 11 is 9.46. The predicted octanol–water partition coefficient (Wildman–Crippen LogP) is 3.19. The number of nitrogens with zero attached hydrogens (tertiary/aromatic N) is 1. The largest absolute Gasteiger partial charge is 0.316 e. The van der Waals surface area contributed by atoms with Crippen molar-refractivity contribution >= 4 is 42.9 Å². The Morgan fingerprint density at radius 3 is 3.00 bits per heavy atom. The van der Waals surface area contributed by atoms with E-state index in [9.17, 15) is 4.21 Å². The Balaban J connectivity index is 2.37. The van der Waals surface area contributed by atoms with Crippen molar-refractivity contribution in [3.63, 3.8) is 0 Å². The fourth-order valence-corrected chi connectivity index (χ4v) is 4.89. The molecule has 6 heteroatoms. The lowest BCUT2D eigenvalue weighted by atomic mass is 10.3. The van der Waals surface area contributed by atoms with Gasteiger partial charge in [-0.25, -0.2) is 4.21 Å². The average molecular weight is 338 g/mol. The van der Waals surface area contributed by atoms with Crippen molar-refractivity contribution < 1.29 is 4.21 Å². The third kappa shape index (κ3) is 3.02. The second-order valence-corrected chi connectivity index (χ2v) is 7.78. The number of halogens is 2. The highest BCUT2D eigenvalue weighted by Crippen LogP contribution is 2.33. The van der Waals surface area contributed by atoms with Crippen molar-refractivity contribution in [3.05, 3.63) is 27.7 Å². The van der Waals surface area contributed by atoms with Crippen molar-refractivity contribution in [1.82, 2.24) is 5.32 Å². The Hall–Kier alpha value is -0.100. The van der Waals surface area contributed by atoms with Crippen LogP contribution in [0.5, 0.6) is 0 Å². The summed E-state index contributed by atoms with van der Waals surface area (Å²) in [7, 11) is -0.259. The number of benzene rings is 1. The highest BCUT2D eigenvalue weighted by molar-refractivity contribution is 9.10. The summed E-state index contributed by atoms with van der Waals surface area (Å²) in [6.07, 6.45) is 0.907. The zero-order valence-electron chi connectivity index (χ0n) is 9.45. The van der Waals surface area contributed by atoms with E-state index in [0.29, 0.717) is 28.3 Å². The summed E-state index contributed by atoms with van der Waals surface area (Å²) in [6.45, 7) is 0. The predicted molar refractivity (Wildman–Crippen MR) is 76.6 cm³/mol. The van der Waals surface area contributed by atoms with Crippen LogP contribution >= 0.6 is 27.5 Å². The smallest absolute Gasteiger partial charge is 0.0927 e. The summed E-state index contributed by atoms with van der Waals surface area (Å²) < 4.78 is 17.7. The Bertz CT molecular complexity index is 540. The molecule has 1 heterocycles. The molecule has 0 spiro atoms. The van der Waals surface area contributed by atoms with Crippen molar-refractivity contribution in [1.29, 1.82) is 0 Å². The number of hydrogen-bond acceptors (Lipinski definition) is 3. The molecule has 2 rings (SSSR count). The SMILES string of the molecule is CNC1CCS(=O)(=Nc2cccc(Br)c2Cl)C1. The Labute approximate surface area is 115 Å². The first-order chi connectivity index (χ1) is 8.04. The average Bonchev–Trinajstić information content (AvgIpc) is 2.67. The first-order valence-electron chi connectivity index (χ1n) is 5.38. The van der Waals surface area contributed by atoms with Gasteiger partial charge in [0.2, 0.25) is 0 Å². The van der Waals surface area contributed by atoms with Crippen LogP contribution in [0.1, 0.15) is 6.42 Å². The van der Waals surface area contributed by atoms with Gasteiger partial charge in [0.05, 0.1) is 20.4 Å². The molecule has 3 nitrogen and oxygen atoms in total. The maximum absolute atomic E-state index is 12.5. The molecule has 94 valence electrons. The molecule has 1 aliphatic rings. The third-order valence-corrected chi connectivity index (χ3v) is 6.46. The van der Waals surface area contributed by atoms with Crippen LogP contribution in [0.2, 0.25) is 5.02 Å². The van der Waals surface area contributed by atoms with Gasteiger partial charge in [-0.2, -0.15) is 4.36 Å². The fraction of sp³-hybridized carbons (Fsp3) is 0.455. The van der Waals surface area contributed by atoms with Gasteiger partial charge in [0, 0.05) is 22.0 Å². The standard InChI is InChI=1S/C11H14BrClN2OS/c1-14-8-5-6-17(16,7-8)15-10-4-2-3-9(12)11(10)13/h2-4,8,14H,5-7H2,1H3. The highest BCUT2D eigenvalue weighted by Gasteiger charge is 2.25. The van der Waals surface area contributed by atoms with E-state index in [0.717, 1.165) is 10.9 Å². The Morgan fingerprint density at radius 1 is 1.59 bits per heavy atom. The zero-order valence-corrected chi connectivity index (χ0v) is 12.6. The molecule has 0 bridgehead atoms. The minimum Gasteiger partial charge on any atom is -0.316 e. The molecule has 1 aromatic carbocycles. The molecule has 2 unspecified atom stereocenters. The van der Waals surface area contributed by atoms with Crippen LogP contribution in [0, 0.1) is 0 Å². The van der Waals surface area contributed by atoms with E-state index in [2.05, 4.69) is 25.6 Å². The van der Waals surface area contributed by atoms with Crippen LogP contribution in [-0.4, -0.2) is 28.8 Å². The van der Waals surface area contributed by atoms with Gasteiger partial charge >= 0.3 is 0 Å². The van der Waals surface area contributed by atoms with Gasteiger partial charge in [-0.05, 0) is 41.5 Å². The second-order valence-electron chi connectivity index (χ2n) is 4.08. The van der Waals surface area contributed by atoms with Gasteiger partial charge in [0.15, 0.2) is 0 Å². The molecule has 0 aliphatic carbocycles. The molecule has 1 fully saturated rings. The molecule has 0 aromatic heterocycles. The molecular weight excluding hydrogens is 324 g/mol. The Morgan fingerprint density at radius 2 is 2.35 bits per heavy atom. The van der Waals surface area contributed by atoms with Crippen molar-refractivity contribution in [2.75, 3.05) is 18.6 Å². The molecule has 1 N–H and O–H groups in total. The van der Waals surface area contributed by atoms with Gasteiger partial charge < -0.3 is 5.32 Å². The summed E-state index contributed by atoms with van der Waals surface area (Å²) in [6, 6.07) is 5.80. The van der Waals surface area contributed by atoms with Crippen LogP contribution in [0.25, 0.3) is 0 Å². The second kappa shape index (κ2) is 5.26. The lowest BCUT2D eigenvalue weighted by molar-refractivity contribution is 0.622. The minimum atomic E-state index is -2.15. The van der Waals surface area contributed by atoms with Crippen LogP contribution in [0.3, 0.4) is 0 Å². The van der Waals surface area contributed by atoms with Gasteiger partial charge in [-0.3, -0.25) is 0 Å². The maximum atomic E-state index is 12.5.